The maximum atomic E-state index is 12.2. The molecule has 1 aromatic carbocycles. The van der Waals surface area contributed by atoms with E-state index in [1.807, 2.05) is 0 Å². The van der Waals surface area contributed by atoms with Crippen molar-refractivity contribution < 1.29 is 44.1 Å². The van der Waals surface area contributed by atoms with Crippen molar-refractivity contribution >= 4 is 36.9 Å². The molecule has 2 amide bonds. The molecule has 1 aromatic rings. The average Bonchev–Trinajstić information content (AvgIpc) is 3.05. The van der Waals surface area contributed by atoms with E-state index in [0.717, 1.165) is 16.7 Å². The Hall–Kier alpha value is -2.48. The van der Waals surface area contributed by atoms with Gasteiger partial charge >= 0.3 is 19.2 Å². The number of hydrogen-bond acceptors (Lipinski definition) is 10. The molecule has 2 atom stereocenters. The lowest BCUT2D eigenvalue weighted by molar-refractivity contribution is -0.125. The van der Waals surface area contributed by atoms with E-state index in [2.05, 4.69) is 0 Å². The molecule has 1 aliphatic heterocycles. The van der Waals surface area contributed by atoms with Crippen LogP contribution < -0.4 is 10.5 Å². The first kappa shape index (κ1) is 22.8. The molecule has 0 bridgehead atoms. The Bertz CT molecular complexity index is 792. The van der Waals surface area contributed by atoms with Crippen LogP contribution in [0, 0.1) is 0 Å². The summed E-state index contributed by atoms with van der Waals surface area (Å²) in [6, 6.07) is 2.73. The summed E-state index contributed by atoms with van der Waals surface area (Å²) in [6.45, 7) is 0.0889. The van der Waals surface area contributed by atoms with Gasteiger partial charge in [0, 0.05) is 11.7 Å². The van der Waals surface area contributed by atoms with Gasteiger partial charge in [-0.3, -0.25) is 4.79 Å². The van der Waals surface area contributed by atoms with Crippen LogP contribution in [0.4, 0.5) is 4.79 Å². The number of imide groups is 1. The van der Waals surface area contributed by atoms with Gasteiger partial charge in [-0.05, 0) is 18.1 Å². The van der Waals surface area contributed by atoms with Gasteiger partial charge in [-0.25, -0.2) is 14.5 Å². The second-order valence-corrected chi connectivity index (χ2v) is 7.40. The summed E-state index contributed by atoms with van der Waals surface area (Å²) in [6.07, 6.45) is -1.55. The van der Waals surface area contributed by atoms with Crippen molar-refractivity contribution in [3.63, 3.8) is 0 Å². The maximum Gasteiger partial charge on any atom is 0.465 e. The molecular weight excluding hydrogens is 407 g/mol. The normalized spacial score (nSPS) is 17.0. The van der Waals surface area contributed by atoms with E-state index in [0.29, 0.717) is 0 Å². The first-order valence-electron chi connectivity index (χ1n) is 8.50. The van der Waals surface area contributed by atoms with Crippen LogP contribution in [-0.2, 0) is 16.0 Å². The van der Waals surface area contributed by atoms with Gasteiger partial charge in [0.1, 0.15) is 23.2 Å². The van der Waals surface area contributed by atoms with Gasteiger partial charge < -0.3 is 35.5 Å². The number of cyclic esters (lactones) is 1. The molecule has 1 unspecified atom stereocenters. The summed E-state index contributed by atoms with van der Waals surface area (Å²) >= 11 is 0.843. The Morgan fingerprint density at radius 1 is 1.45 bits per heavy atom. The van der Waals surface area contributed by atoms with Crippen LogP contribution in [0.3, 0.4) is 0 Å². The van der Waals surface area contributed by atoms with E-state index in [1.165, 1.54) is 19.2 Å². The number of thioether (sulfide) groups is 1. The minimum Gasteiger partial charge on any atom is -0.507 e. The van der Waals surface area contributed by atoms with E-state index >= 15 is 0 Å². The van der Waals surface area contributed by atoms with Crippen molar-refractivity contribution in [3.8, 4) is 11.5 Å². The molecule has 6 N–H and O–H groups in total. The molecule has 0 saturated carbocycles. The van der Waals surface area contributed by atoms with Gasteiger partial charge in [0.25, 0.3) is 0 Å². The van der Waals surface area contributed by atoms with Crippen molar-refractivity contribution in [2.75, 3.05) is 26.0 Å². The summed E-state index contributed by atoms with van der Waals surface area (Å²) in [5, 5.41) is 37.8. The van der Waals surface area contributed by atoms with Crippen LogP contribution in [0.1, 0.15) is 15.9 Å². The van der Waals surface area contributed by atoms with E-state index in [1.54, 1.807) is 0 Å². The number of carbonyl (C=O) groups excluding carboxylic acids is 2. The predicted molar refractivity (Wildman–Crippen MR) is 103 cm³/mol. The molecule has 11 nitrogen and oxygen atoms in total. The first-order chi connectivity index (χ1) is 13.7. The molecule has 13 heteroatoms. The van der Waals surface area contributed by atoms with E-state index in [9.17, 15) is 34.6 Å². The van der Waals surface area contributed by atoms with Crippen LogP contribution in [0.15, 0.2) is 12.1 Å². The third kappa shape index (κ3) is 5.32. The Morgan fingerprint density at radius 2 is 2.14 bits per heavy atom. The second-order valence-electron chi connectivity index (χ2n) is 6.17. The number of hydrogen-bond donors (Lipinski definition) is 5. The van der Waals surface area contributed by atoms with Crippen molar-refractivity contribution in [2.24, 2.45) is 5.73 Å². The molecule has 1 aliphatic rings. The Balaban J connectivity index is 2.10. The van der Waals surface area contributed by atoms with Crippen LogP contribution in [0.2, 0.25) is 0 Å². The lowest BCUT2D eigenvalue weighted by atomic mass is 9.81. The molecule has 2 rings (SSSR count). The zero-order valence-electron chi connectivity index (χ0n) is 15.5. The van der Waals surface area contributed by atoms with Crippen molar-refractivity contribution in [1.82, 2.24) is 4.90 Å². The molecule has 1 fully saturated rings. The molecule has 1 heterocycles. The molecule has 29 heavy (non-hydrogen) atoms. The predicted octanol–water partition coefficient (Wildman–Crippen LogP) is -0.939. The summed E-state index contributed by atoms with van der Waals surface area (Å²) in [5.41, 5.74) is 5.09. The number of phenols is 1. The molecule has 158 valence electrons. The molecule has 0 spiro atoms. The topological polar surface area (TPSA) is 180 Å². The highest BCUT2D eigenvalue weighted by Crippen LogP contribution is 2.33. The highest BCUT2D eigenvalue weighted by Gasteiger charge is 2.36. The number of carbonyl (C=O) groups is 3. The smallest absolute Gasteiger partial charge is 0.465 e. The number of carboxylic acids is 1. The number of ether oxygens (including phenoxy) is 2. The number of nitrogens with zero attached hydrogens (tertiary/aromatic N) is 1. The fourth-order valence-corrected chi connectivity index (χ4v) is 3.71. The second kappa shape index (κ2) is 9.83. The zero-order chi connectivity index (χ0) is 21.7. The summed E-state index contributed by atoms with van der Waals surface area (Å²) in [7, 11) is -0.619. The third-order valence-electron chi connectivity index (χ3n) is 4.27. The first-order valence-corrected chi connectivity index (χ1v) is 9.55. The number of aromatic carboxylic acids is 1. The highest BCUT2D eigenvalue weighted by atomic mass is 32.2. The van der Waals surface area contributed by atoms with Gasteiger partial charge in [0.15, 0.2) is 0 Å². The lowest BCUT2D eigenvalue weighted by Crippen LogP contribution is -2.37. The van der Waals surface area contributed by atoms with Crippen LogP contribution >= 0.6 is 11.8 Å². The minimum absolute atomic E-state index is 0.0162. The van der Waals surface area contributed by atoms with Gasteiger partial charge in [0.05, 0.1) is 19.4 Å². The standard InChI is InChI=1S/C16H21BN2O9S/c1-27-10-3-2-8(14(21)13(10)15(22)23)4-11(17(25)26)29-7-12(20)19-6-9(5-18)28-16(19)24/h2-3,9,11,21,25-26H,4-7,18H2,1H3,(H,22,23)/t9?,11-/m0/s1. The van der Waals surface area contributed by atoms with Gasteiger partial charge in [-0.2, -0.15) is 11.8 Å². The van der Waals surface area contributed by atoms with Gasteiger partial charge in [-0.1, -0.05) is 6.07 Å². The van der Waals surface area contributed by atoms with Crippen LogP contribution in [0.25, 0.3) is 0 Å². The summed E-state index contributed by atoms with van der Waals surface area (Å²) < 4.78 is 9.81. The van der Waals surface area contributed by atoms with Crippen LogP contribution in [0.5, 0.6) is 11.5 Å². The van der Waals surface area contributed by atoms with E-state index in [-0.39, 0.29) is 36.6 Å². The quantitative estimate of drug-likeness (QED) is 0.306. The largest absolute Gasteiger partial charge is 0.507 e. The van der Waals surface area contributed by atoms with Crippen LogP contribution in [-0.4, -0.2) is 87.5 Å². The van der Waals surface area contributed by atoms with Crippen molar-refractivity contribution in [1.29, 1.82) is 0 Å². The van der Waals surface area contributed by atoms with Gasteiger partial charge in [0.2, 0.25) is 5.91 Å². The average molecular weight is 428 g/mol. The number of methoxy groups -OCH3 is 1. The Labute approximate surface area is 170 Å². The number of aromatic hydroxyl groups is 1. The maximum absolute atomic E-state index is 12.2. The Morgan fingerprint density at radius 3 is 2.66 bits per heavy atom. The number of rotatable bonds is 9. The van der Waals surface area contributed by atoms with Crippen molar-refractivity contribution in [2.45, 2.75) is 17.7 Å². The minimum atomic E-state index is -1.87. The number of carboxylic acid groups (broad SMARTS) is 1. The summed E-state index contributed by atoms with van der Waals surface area (Å²) in [4.78, 5) is 36.2. The number of benzene rings is 1. The lowest BCUT2D eigenvalue weighted by Gasteiger charge is -2.18. The fourth-order valence-electron chi connectivity index (χ4n) is 2.73. The monoisotopic (exact) mass is 428 g/mol. The molecule has 0 aliphatic carbocycles. The molecular formula is C16H21BN2O9S. The number of nitrogens with two attached hydrogens (primary N) is 1. The third-order valence-corrected chi connectivity index (χ3v) is 5.52. The Kier molecular flexibility index (Phi) is 7.73. The fraction of sp³-hybridized carbons (Fsp3) is 0.438. The molecule has 1 saturated heterocycles. The van der Waals surface area contributed by atoms with E-state index in [4.69, 9.17) is 15.2 Å². The van der Waals surface area contributed by atoms with E-state index < -0.39 is 47.7 Å². The highest BCUT2D eigenvalue weighted by molar-refractivity contribution is 8.01. The summed E-state index contributed by atoms with van der Waals surface area (Å²) in [5.74, 6) is -2.89. The van der Waals surface area contributed by atoms with Gasteiger partial charge in [-0.15, -0.1) is 0 Å². The van der Waals surface area contributed by atoms with Crippen molar-refractivity contribution in [3.05, 3.63) is 23.3 Å². The zero-order valence-corrected chi connectivity index (χ0v) is 16.3. The molecule has 0 aromatic heterocycles. The molecule has 0 radical (unpaired) electrons. The number of amides is 2. The SMILES string of the molecule is COc1ccc(C[C@H](SCC(=O)N2CC(CN)OC2=O)B(O)O)c(O)c1C(=O)O.